The van der Waals surface area contributed by atoms with E-state index in [1.165, 1.54) is 75.8 Å². The minimum absolute atomic E-state index is 0.252. The predicted octanol–water partition coefficient (Wildman–Crippen LogP) is 5.53. The lowest BCUT2D eigenvalue weighted by Crippen LogP contribution is -2.60. The van der Waals surface area contributed by atoms with Gasteiger partial charge in [-0.25, -0.2) is 0 Å². The number of thiophene rings is 1. The first-order valence-corrected chi connectivity index (χ1v) is 12.4. The van der Waals surface area contributed by atoms with Crippen molar-refractivity contribution in [2.45, 2.75) is 13.8 Å². The van der Waals surface area contributed by atoms with Crippen molar-refractivity contribution in [1.29, 1.82) is 0 Å². The molecule has 0 atom stereocenters. The molecular formula is C29H21BN2S. The smallest absolute Gasteiger partial charge is 0.252 e. The zero-order valence-corrected chi connectivity index (χ0v) is 19.6. The molecule has 0 N–H and O–H groups in total. The van der Waals surface area contributed by atoms with E-state index in [9.17, 15) is 0 Å². The number of aryl methyl sites for hydroxylation is 1. The van der Waals surface area contributed by atoms with Crippen LogP contribution in [0.15, 0.2) is 72.8 Å². The van der Waals surface area contributed by atoms with E-state index < -0.39 is 0 Å². The van der Waals surface area contributed by atoms with Crippen molar-refractivity contribution < 1.29 is 0 Å². The van der Waals surface area contributed by atoms with Gasteiger partial charge in [-0.1, -0.05) is 42.5 Å². The molecule has 0 unspecified atom stereocenters. The Morgan fingerprint density at radius 3 is 2.39 bits per heavy atom. The number of anilines is 2. The second-order valence-electron chi connectivity index (χ2n) is 9.50. The minimum atomic E-state index is 0.252. The van der Waals surface area contributed by atoms with Gasteiger partial charge in [0.25, 0.3) is 6.71 Å². The van der Waals surface area contributed by atoms with E-state index >= 15 is 0 Å². The SMILES string of the molecule is Cc1c(C)n2c3c(cccc13)B1c3cc4sc5ccccc5c4cc3N(C)c3cccc-2c31. The van der Waals surface area contributed by atoms with Crippen molar-refractivity contribution in [2.24, 2.45) is 0 Å². The Morgan fingerprint density at radius 2 is 1.48 bits per heavy atom. The van der Waals surface area contributed by atoms with Crippen molar-refractivity contribution in [3.63, 3.8) is 0 Å². The van der Waals surface area contributed by atoms with Crippen LogP contribution in [0.2, 0.25) is 0 Å². The topological polar surface area (TPSA) is 8.17 Å². The van der Waals surface area contributed by atoms with Gasteiger partial charge in [0, 0.05) is 60.9 Å². The molecule has 6 aromatic rings. The molecule has 156 valence electrons. The normalized spacial score (nSPS) is 13.8. The van der Waals surface area contributed by atoms with Crippen molar-refractivity contribution >= 4 is 76.9 Å². The van der Waals surface area contributed by atoms with Crippen LogP contribution >= 0.6 is 11.3 Å². The summed E-state index contributed by atoms with van der Waals surface area (Å²) in [5.41, 5.74) is 12.4. The zero-order valence-electron chi connectivity index (χ0n) is 18.8. The van der Waals surface area contributed by atoms with E-state index in [0.29, 0.717) is 0 Å². The van der Waals surface area contributed by atoms with Crippen molar-refractivity contribution in [2.75, 3.05) is 11.9 Å². The lowest BCUT2D eigenvalue weighted by molar-refractivity contribution is 1.04. The summed E-state index contributed by atoms with van der Waals surface area (Å²) in [6.07, 6.45) is 0. The van der Waals surface area contributed by atoms with Gasteiger partial charge < -0.3 is 9.47 Å². The van der Waals surface area contributed by atoms with Crippen LogP contribution in [0.5, 0.6) is 0 Å². The van der Waals surface area contributed by atoms with Crippen LogP contribution in [-0.2, 0) is 0 Å². The van der Waals surface area contributed by atoms with Gasteiger partial charge in [0.05, 0.1) is 0 Å². The van der Waals surface area contributed by atoms with Gasteiger partial charge in [0.15, 0.2) is 0 Å². The molecule has 2 aliphatic rings. The molecule has 4 aromatic carbocycles. The standard InChI is InChI=1S/C29H21BN2S/c1-16-17(2)32-24-12-7-11-23-28(24)30(21-10-6-9-18(16)29(21)32)22-15-27-20(14-25(22)31(23)3)19-8-4-5-13-26(19)33-27/h4-15H,1-3H3. The van der Waals surface area contributed by atoms with E-state index in [4.69, 9.17) is 0 Å². The third-order valence-corrected chi connectivity index (χ3v) is 9.17. The van der Waals surface area contributed by atoms with Crippen molar-refractivity contribution in [3.8, 4) is 5.69 Å². The Bertz CT molecular complexity index is 1820. The Morgan fingerprint density at radius 1 is 0.697 bits per heavy atom. The molecule has 4 heteroatoms. The number of hydrogen-bond acceptors (Lipinski definition) is 2. The average molecular weight is 440 g/mol. The molecule has 2 aliphatic heterocycles. The summed E-state index contributed by atoms with van der Waals surface area (Å²) in [6, 6.07) is 27.4. The van der Waals surface area contributed by atoms with Crippen LogP contribution in [0.3, 0.4) is 0 Å². The quantitative estimate of drug-likeness (QED) is 0.282. The summed E-state index contributed by atoms with van der Waals surface area (Å²) in [5.74, 6) is 0. The molecule has 0 saturated heterocycles. The number of para-hydroxylation sites is 1. The number of hydrogen-bond donors (Lipinski definition) is 0. The summed E-state index contributed by atoms with van der Waals surface area (Å²) < 4.78 is 5.25. The maximum absolute atomic E-state index is 2.51. The molecule has 4 heterocycles. The molecule has 0 spiro atoms. The molecule has 0 bridgehead atoms. The number of nitrogens with zero attached hydrogens (tertiary/aromatic N) is 2. The summed E-state index contributed by atoms with van der Waals surface area (Å²) >= 11 is 1.91. The Balaban J connectivity index is 1.56. The van der Waals surface area contributed by atoms with Gasteiger partial charge in [-0.2, -0.15) is 0 Å². The second-order valence-corrected chi connectivity index (χ2v) is 10.6. The third-order valence-electron chi connectivity index (χ3n) is 8.03. The van der Waals surface area contributed by atoms with E-state index in [1.54, 1.807) is 0 Å². The molecule has 0 radical (unpaired) electrons. The largest absolute Gasteiger partial charge is 0.345 e. The molecule has 0 aliphatic carbocycles. The van der Waals surface area contributed by atoms with E-state index in [1.807, 2.05) is 11.3 Å². The first-order valence-electron chi connectivity index (χ1n) is 11.6. The van der Waals surface area contributed by atoms with Crippen LogP contribution in [0, 0.1) is 13.8 Å². The number of aromatic nitrogens is 1. The van der Waals surface area contributed by atoms with Gasteiger partial charge in [0.2, 0.25) is 0 Å². The van der Waals surface area contributed by atoms with E-state index in [0.717, 1.165) is 0 Å². The summed E-state index contributed by atoms with van der Waals surface area (Å²) in [4.78, 5) is 2.41. The van der Waals surface area contributed by atoms with Gasteiger partial charge in [-0.05, 0) is 66.1 Å². The molecule has 0 amide bonds. The summed E-state index contributed by atoms with van der Waals surface area (Å²) in [5, 5.41) is 4.11. The van der Waals surface area contributed by atoms with E-state index in [-0.39, 0.29) is 6.71 Å². The van der Waals surface area contributed by atoms with Crippen LogP contribution in [0.25, 0.3) is 36.8 Å². The number of fused-ring (bicyclic) bond motifs is 7. The fourth-order valence-electron chi connectivity index (χ4n) is 6.41. The van der Waals surface area contributed by atoms with E-state index in [2.05, 4.69) is 103 Å². The summed E-state index contributed by atoms with van der Waals surface area (Å²) in [6.45, 7) is 4.78. The Hall–Kier alpha value is -3.50. The van der Waals surface area contributed by atoms with Crippen LogP contribution in [0.4, 0.5) is 11.4 Å². The molecule has 0 fully saturated rings. The lowest BCUT2D eigenvalue weighted by Gasteiger charge is -2.38. The summed E-state index contributed by atoms with van der Waals surface area (Å²) in [7, 11) is 2.23. The van der Waals surface area contributed by atoms with Gasteiger partial charge in [0.1, 0.15) is 0 Å². The third kappa shape index (κ3) is 2.02. The molecule has 2 nitrogen and oxygen atoms in total. The van der Waals surface area contributed by atoms with Crippen molar-refractivity contribution in [1.82, 2.24) is 4.57 Å². The van der Waals surface area contributed by atoms with Crippen LogP contribution < -0.4 is 21.3 Å². The minimum Gasteiger partial charge on any atom is -0.345 e. The fraction of sp³-hybridized carbons (Fsp3) is 0.103. The average Bonchev–Trinajstić information content (AvgIpc) is 3.33. The van der Waals surface area contributed by atoms with Crippen LogP contribution in [-0.4, -0.2) is 18.3 Å². The van der Waals surface area contributed by atoms with Crippen molar-refractivity contribution in [3.05, 3.63) is 84.1 Å². The maximum atomic E-state index is 2.51. The number of benzene rings is 4. The Labute approximate surface area is 196 Å². The molecule has 8 rings (SSSR count). The van der Waals surface area contributed by atoms with Crippen LogP contribution in [0.1, 0.15) is 11.3 Å². The highest BCUT2D eigenvalue weighted by Crippen LogP contribution is 2.40. The zero-order chi connectivity index (χ0) is 22.0. The number of rotatable bonds is 0. The Kier molecular flexibility index (Phi) is 3.21. The highest BCUT2D eigenvalue weighted by atomic mass is 32.1. The van der Waals surface area contributed by atoms with Gasteiger partial charge in [-0.3, -0.25) is 0 Å². The van der Waals surface area contributed by atoms with Gasteiger partial charge in [-0.15, -0.1) is 11.3 Å². The highest BCUT2D eigenvalue weighted by Gasteiger charge is 2.40. The second kappa shape index (κ2) is 5.89. The first kappa shape index (κ1) is 18.0. The molecule has 0 saturated carbocycles. The monoisotopic (exact) mass is 440 g/mol. The first-order chi connectivity index (χ1) is 16.1. The molecular weight excluding hydrogens is 419 g/mol. The molecule has 2 aromatic heterocycles. The van der Waals surface area contributed by atoms with Gasteiger partial charge >= 0.3 is 0 Å². The maximum Gasteiger partial charge on any atom is 0.252 e. The lowest BCUT2D eigenvalue weighted by atomic mass is 9.34. The highest BCUT2D eigenvalue weighted by molar-refractivity contribution is 7.26. The fourth-order valence-corrected chi connectivity index (χ4v) is 7.54. The molecule has 33 heavy (non-hydrogen) atoms. The predicted molar refractivity (Wildman–Crippen MR) is 145 cm³/mol.